The molecule has 0 aliphatic carbocycles. The molecule has 0 spiro atoms. The zero-order valence-corrected chi connectivity index (χ0v) is 13.8. The second-order valence-corrected chi connectivity index (χ2v) is 6.60. The number of nitrogens with one attached hydrogen (secondary N) is 1. The number of aliphatic hydroxyl groups is 1. The summed E-state index contributed by atoms with van der Waals surface area (Å²) in [6.45, 7) is 0.897. The highest BCUT2D eigenvalue weighted by Crippen LogP contribution is 2.24. The monoisotopic (exact) mass is 331 g/mol. The third-order valence-electron chi connectivity index (χ3n) is 4.14. The van der Waals surface area contributed by atoms with E-state index in [1.54, 1.807) is 6.20 Å². The van der Waals surface area contributed by atoms with E-state index in [0.29, 0.717) is 12.0 Å². The van der Waals surface area contributed by atoms with E-state index >= 15 is 0 Å². The van der Waals surface area contributed by atoms with Gasteiger partial charge in [0.15, 0.2) is 5.13 Å². The molecular weight excluding hydrogens is 310 g/mol. The fraction of sp³-hybridized carbons (Fsp3) is 0.412. The lowest BCUT2D eigenvalue weighted by atomic mass is 9.98. The number of nitrogens with zero attached hydrogens (tertiary/aromatic N) is 2. The molecule has 0 radical (unpaired) electrons. The molecule has 1 aromatic carbocycles. The number of hydrogen-bond donors (Lipinski definition) is 2. The summed E-state index contributed by atoms with van der Waals surface area (Å²) in [6, 6.07) is 7.68. The van der Waals surface area contributed by atoms with Gasteiger partial charge in [-0.2, -0.15) is 0 Å². The van der Waals surface area contributed by atoms with Gasteiger partial charge in [-0.15, -0.1) is 11.3 Å². The van der Waals surface area contributed by atoms with Crippen molar-refractivity contribution < 1.29 is 9.90 Å². The van der Waals surface area contributed by atoms with Crippen LogP contribution in [0.5, 0.6) is 0 Å². The number of piperidine rings is 1. The Balaban J connectivity index is 1.76. The quantitative estimate of drug-likeness (QED) is 0.882. The number of likely N-dealkylation sites (tertiary alicyclic amines) is 1. The Hall–Kier alpha value is -1.92. The number of hydrogen-bond acceptors (Lipinski definition) is 5. The third kappa shape index (κ3) is 3.89. The Bertz CT molecular complexity index is 643. The number of aromatic nitrogens is 1. The molecule has 1 unspecified atom stereocenters. The number of carbonyl (C=O) groups is 1. The molecule has 122 valence electrons. The van der Waals surface area contributed by atoms with Gasteiger partial charge in [0.05, 0.1) is 0 Å². The Morgan fingerprint density at radius 1 is 1.43 bits per heavy atom. The van der Waals surface area contributed by atoms with Crippen LogP contribution in [0.1, 0.15) is 36.0 Å². The van der Waals surface area contributed by atoms with Gasteiger partial charge in [0, 0.05) is 42.0 Å². The normalized spacial score (nSPS) is 18.0. The topological polar surface area (TPSA) is 65.5 Å². The van der Waals surface area contributed by atoms with Crippen molar-refractivity contribution in [1.82, 2.24) is 9.88 Å². The second-order valence-electron chi connectivity index (χ2n) is 5.70. The van der Waals surface area contributed by atoms with Gasteiger partial charge in [0.1, 0.15) is 0 Å². The smallest absolute Gasteiger partial charge is 0.254 e. The first-order valence-corrected chi connectivity index (χ1v) is 8.84. The van der Waals surface area contributed by atoms with Gasteiger partial charge in [-0.25, -0.2) is 4.98 Å². The number of aliphatic hydroxyl groups excluding tert-OH is 1. The molecule has 0 bridgehead atoms. The largest absolute Gasteiger partial charge is 0.396 e. The zero-order valence-electron chi connectivity index (χ0n) is 12.9. The van der Waals surface area contributed by atoms with E-state index in [2.05, 4.69) is 10.3 Å². The molecule has 3 rings (SSSR count). The minimum atomic E-state index is 0.0472. The average Bonchev–Trinajstić information content (AvgIpc) is 3.08. The first kappa shape index (κ1) is 16.0. The second kappa shape index (κ2) is 7.57. The van der Waals surface area contributed by atoms with E-state index < -0.39 is 0 Å². The fourth-order valence-electron chi connectivity index (χ4n) is 3.02. The summed E-state index contributed by atoms with van der Waals surface area (Å²) in [5.74, 6) is 0.0472. The van der Waals surface area contributed by atoms with E-state index in [4.69, 9.17) is 0 Å². The maximum absolute atomic E-state index is 12.8. The highest BCUT2D eigenvalue weighted by molar-refractivity contribution is 7.13. The molecule has 1 amide bonds. The lowest BCUT2D eigenvalue weighted by Gasteiger charge is -2.35. The molecule has 23 heavy (non-hydrogen) atoms. The van der Waals surface area contributed by atoms with Crippen LogP contribution in [0, 0.1) is 0 Å². The van der Waals surface area contributed by atoms with Gasteiger partial charge in [-0.05, 0) is 43.9 Å². The minimum absolute atomic E-state index is 0.0472. The molecule has 1 saturated heterocycles. The number of rotatable bonds is 5. The van der Waals surface area contributed by atoms with Crippen LogP contribution in [0.3, 0.4) is 0 Å². The third-order valence-corrected chi connectivity index (χ3v) is 4.83. The molecular formula is C17H21N3O2S. The summed E-state index contributed by atoms with van der Waals surface area (Å²) in [6.07, 6.45) is 5.53. The molecule has 1 aromatic heterocycles. The summed E-state index contributed by atoms with van der Waals surface area (Å²) >= 11 is 1.52. The first-order chi connectivity index (χ1) is 11.3. The van der Waals surface area contributed by atoms with Crippen molar-refractivity contribution in [3.05, 3.63) is 41.4 Å². The van der Waals surface area contributed by atoms with Crippen molar-refractivity contribution in [3.63, 3.8) is 0 Å². The average molecular weight is 331 g/mol. The van der Waals surface area contributed by atoms with Crippen LogP contribution >= 0.6 is 11.3 Å². The van der Waals surface area contributed by atoms with Gasteiger partial charge >= 0.3 is 0 Å². The van der Waals surface area contributed by atoms with E-state index in [-0.39, 0.29) is 18.6 Å². The highest BCUT2D eigenvalue weighted by Gasteiger charge is 2.27. The van der Waals surface area contributed by atoms with Crippen LogP contribution in [-0.2, 0) is 0 Å². The maximum Gasteiger partial charge on any atom is 0.254 e. The Kier molecular flexibility index (Phi) is 5.25. The van der Waals surface area contributed by atoms with Gasteiger partial charge in [0.25, 0.3) is 5.91 Å². The van der Waals surface area contributed by atoms with Crippen molar-refractivity contribution >= 4 is 28.1 Å². The summed E-state index contributed by atoms with van der Waals surface area (Å²) in [5.41, 5.74) is 1.54. The molecule has 0 saturated carbocycles. The van der Waals surface area contributed by atoms with Gasteiger partial charge < -0.3 is 15.3 Å². The molecule has 2 heterocycles. The maximum atomic E-state index is 12.8. The number of anilines is 2. The van der Waals surface area contributed by atoms with Gasteiger partial charge in [-0.3, -0.25) is 4.79 Å². The summed E-state index contributed by atoms with van der Waals surface area (Å²) in [4.78, 5) is 19.0. The Morgan fingerprint density at radius 2 is 2.35 bits per heavy atom. The van der Waals surface area contributed by atoms with E-state index in [1.165, 1.54) is 11.3 Å². The van der Waals surface area contributed by atoms with Crippen LogP contribution in [0.2, 0.25) is 0 Å². The molecule has 1 fully saturated rings. The van der Waals surface area contributed by atoms with Crippen molar-refractivity contribution in [3.8, 4) is 0 Å². The van der Waals surface area contributed by atoms with E-state index in [9.17, 15) is 9.90 Å². The Morgan fingerprint density at radius 3 is 3.13 bits per heavy atom. The summed E-state index contributed by atoms with van der Waals surface area (Å²) in [5, 5.41) is 15.2. The van der Waals surface area contributed by atoms with Crippen molar-refractivity contribution in [2.75, 3.05) is 18.5 Å². The number of amides is 1. The van der Waals surface area contributed by atoms with Crippen LogP contribution in [-0.4, -0.2) is 40.1 Å². The minimum Gasteiger partial charge on any atom is -0.396 e. The molecule has 2 N–H and O–H groups in total. The molecule has 1 aliphatic rings. The SMILES string of the molecule is O=C(c1cccc(Nc2nccs2)c1)N1CCCCC1CCO. The van der Waals surface area contributed by atoms with E-state index in [0.717, 1.165) is 36.6 Å². The van der Waals surface area contributed by atoms with Crippen molar-refractivity contribution in [2.45, 2.75) is 31.7 Å². The number of benzene rings is 1. The molecule has 5 nitrogen and oxygen atoms in total. The summed E-state index contributed by atoms with van der Waals surface area (Å²) < 4.78 is 0. The van der Waals surface area contributed by atoms with Crippen molar-refractivity contribution in [1.29, 1.82) is 0 Å². The summed E-state index contributed by atoms with van der Waals surface area (Å²) in [7, 11) is 0. The highest BCUT2D eigenvalue weighted by atomic mass is 32.1. The van der Waals surface area contributed by atoms with Gasteiger partial charge in [-0.1, -0.05) is 6.07 Å². The van der Waals surface area contributed by atoms with Crippen LogP contribution in [0.25, 0.3) is 0 Å². The molecule has 2 aromatic rings. The van der Waals surface area contributed by atoms with Crippen molar-refractivity contribution in [2.24, 2.45) is 0 Å². The number of carbonyl (C=O) groups excluding carboxylic acids is 1. The van der Waals surface area contributed by atoms with Crippen LogP contribution in [0.4, 0.5) is 10.8 Å². The molecule has 6 heteroatoms. The predicted octanol–water partition coefficient (Wildman–Crippen LogP) is 3.26. The molecule has 1 atom stereocenters. The van der Waals surface area contributed by atoms with Gasteiger partial charge in [0.2, 0.25) is 0 Å². The van der Waals surface area contributed by atoms with E-state index in [1.807, 2.05) is 34.5 Å². The Labute approximate surface area is 140 Å². The lowest BCUT2D eigenvalue weighted by molar-refractivity contribution is 0.0574. The molecule has 1 aliphatic heterocycles. The van der Waals surface area contributed by atoms with Crippen LogP contribution < -0.4 is 5.32 Å². The first-order valence-electron chi connectivity index (χ1n) is 7.96. The number of thiazole rings is 1. The zero-order chi connectivity index (χ0) is 16.1. The fourth-order valence-corrected chi connectivity index (χ4v) is 3.57. The predicted molar refractivity (Wildman–Crippen MR) is 92.2 cm³/mol. The standard InChI is InChI=1S/C17H21N3O2S/c21-10-7-15-6-1-2-9-20(15)16(22)13-4-3-5-14(12-13)19-17-18-8-11-23-17/h3-5,8,11-12,15,21H,1-2,6-7,9-10H2,(H,18,19). The van der Waals surface area contributed by atoms with Crippen LogP contribution in [0.15, 0.2) is 35.8 Å². The lowest BCUT2D eigenvalue weighted by Crippen LogP contribution is -2.44.